The summed E-state index contributed by atoms with van der Waals surface area (Å²) in [4.78, 5) is 0. The van der Waals surface area contributed by atoms with E-state index < -0.39 is 0 Å². The molecular formula is C13H24. The predicted octanol–water partition coefficient (Wildman–Crippen LogP) is 4.27. The fraction of sp³-hybridized carbons (Fsp3) is 0.846. The van der Waals surface area contributed by atoms with Gasteiger partial charge in [-0.15, -0.1) is 0 Å². The van der Waals surface area contributed by atoms with Gasteiger partial charge in [0, 0.05) is 0 Å². The molecule has 76 valence electrons. The van der Waals surface area contributed by atoms with Gasteiger partial charge in [0.15, 0.2) is 0 Å². The monoisotopic (exact) mass is 180 g/mol. The van der Waals surface area contributed by atoms with Gasteiger partial charge in [0.05, 0.1) is 0 Å². The van der Waals surface area contributed by atoms with Crippen molar-refractivity contribution in [2.75, 3.05) is 0 Å². The SMILES string of the molecule is CC=CC1CC1C(C)(C)C(C)CC. The van der Waals surface area contributed by atoms with Gasteiger partial charge in [0.2, 0.25) is 0 Å². The summed E-state index contributed by atoms with van der Waals surface area (Å²) in [5, 5.41) is 0. The van der Waals surface area contributed by atoms with Crippen LogP contribution >= 0.6 is 0 Å². The van der Waals surface area contributed by atoms with E-state index in [1.807, 2.05) is 0 Å². The lowest BCUT2D eigenvalue weighted by atomic mass is 9.74. The first-order chi connectivity index (χ1) is 6.04. The summed E-state index contributed by atoms with van der Waals surface area (Å²) in [7, 11) is 0. The summed E-state index contributed by atoms with van der Waals surface area (Å²) in [6.07, 6.45) is 7.32. The zero-order valence-corrected chi connectivity index (χ0v) is 9.80. The summed E-state index contributed by atoms with van der Waals surface area (Å²) in [6, 6.07) is 0. The Morgan fingerprint density at radius 2 is 2.08 bits per heavy atom. The lowest BCUT2D eigenvalue weighted by Gasteiger charge is -2.31. The Labute approximate surface area is 83.4 Å². The first kappa shape index (κ1) is 10.8. The van der Waals surface area contributed by atoms with E-state index in [-0.39, 0.29) is 0 Å². The zero-order chi connectivity index (χ0) is 10.1. The molecular weight excluding hydrogens is 156 g/mol. The molecule has 1 rings (SSSR count). The summed E-state index contributed by atoms with van der Waals surface area (Å²) >= 11 is 0. The van der Waals surface area contributed by atoms with Crippen LogP contribution in [0, 0.1) is 23.2 Å². The van der Waals surface area contributed by atoms with E-state index in [1.165, 1.54) is 12.8 Å². The zero-order valence-electron chi connectivity index (χ0n) is 9.80. The second-order valence-corrected chi connectivity index (χ2v) is 5.16. The second kappa shape index (κ2) is 3.86. The van der Waals surface area contributed by atoms with Crippen molar-refractivity contribution in [2.45, 2.75) is 47.5 Å². The van der Waals surface area contributed by atoms with Gasteiger partial charge in [-0.05, 0) is 36.5 Å². The minimum Gasteiger partial charge on any atom is -0.0914 e. The van der Waals surface area contributed by atoms with Gasteiger partial charge >= 0.3 is 0 Å². The molecule has 0 N–H and O–H groups in total. The molecule has 0 amide bonds. The molecule has 0 aliphatic heterocycles. The van der Waals surface area contributed by atoms with E-state index in [4.69, 9.17) is 0 Å². The Morgan fingerprint density at radius 1 is 1.46 bits per heavy atom. The number of hydrogen-bond donors (Lipinski definition) is 0. The normalized spacial score (nSPS) is 30.8. The molecule has 0 nitrogen and oxygen atoms in total. The molecule has 0 aromatic heterocycles. The van der Waals surface area contributed by atoms with Crippen LogP contribution in [0.3, 0.4) is 0 Å². The molecule has 0 spiro atoms. The highest BCUT2D eigenvalue weighted by Crippen LogP contribution is 2.55. The first-order valence-electron chi connectivity index (χ1n) is 5.66. The van der Waals surface area contributed by atoms with Gasteiger partial charge < -0.3 is 0 Å². The summed E-state index contributed by atoms with van der Waals surface area (Å²) in [5.41, 5.74) is 0.541. The standard InChI is InChI=1S/C13H24/c1-6-8-11-9-12(11)13(4,5)10(3)7-2/h6,8,10-12H,7,9H2,1-5H3. The van der Waals surface area contributed by atoms with E-state index in [2.05, 4.69) is 46.8 Å². The maximum absolute atomic E-state index is 2.44. The summed E-state index contributed by atoms with van der Waals surface area (Å²) in [6.45, 7) is 11.7. The molecule has 1 aliphatic rings. The van der Waals surface area contributed by atoms with E-state index in [0.717, 1.165) is 17.8 Å². The molecule has 1 saturated carbocycles. The molecule has 3 unspecified atom stereocenters. The van der Waals surface area contributed by atoms with Gasteiger partial charge in [0.25, 0.3) is 0 Å². The van der Waals surface area contributed by atoms with E-state index >= 15 is 0 Å². The van der Waals surface area contributed by atoms with Gasteiger partial charge in [-0.2, -0.15) is 0 Å². The van der Waals surface area contributed by atoms with Crippen LogP contribution in [0.5, 0.6) is 0 Å². The van der Waals surface area contributed by atoms with E-state index in [9.17, 15) is 0 Å². The Kier molecular flexibility index (Phi) is 3.21. The third kappa shape index (κ3) is 2.15. The third-order valence-corrected chi connectivity index (χ3v) is 4.12. The maximum atomic E-state index is 2.44. The lowest BCUT2D eigenvalue weighted by Crippen LogP contribution is -2.24. The van der Waals surface area contributed by atoms with Crippen LogP contribution in [0.15, 0.2) is 12.2 Å². The van der Waals surface area contributed by atoms with Gasteiger partial charge in [-0.25, -0.2) is 0 Å². The fourth-order valence-electron chi connectivity index (χ4n) is 2.42. The van der Waals surface area contributed by atoms with Crippen LogP contribution in [-0.4, -0.2) is 0 Å². The molecule has 0 radical (unpaired) electrons. The molecule has 0 aromatic rings. The van der Waals surface area contributed by atoms with Crippen molar-refractivity contribution in [3.8, 4) is 0 Å². The summed E-state index contributed by atoms with van der Waals surface area (Å²) in [5.74, 6) is 2.68. The van der Waals surface area contributed by atoms with Crippen molar-refractivity contribution in [1.29, 1.82) is 0 Å². The second-order valence-electron chi connectivity index (χ2n) is 5.16. The average molecular weight is 180 g/mol. The molecule has 0 bridgehead atoms. The Balaban J connectivity index is 2.53. The smallest absolute Gasteiger partial charge is 0.0197 e. The highest BCUT2D eigenvalue weighted by Gasteiger charge is 2.47. The molecule has 0 aromatic carbocycles. The van der Waals surface area contributed by atoms with Crippen LogP contribution in [0.25, 0.3) is 0 Å². The van der Waals surface area contributed by atoms with Crippen molar-refractivity contribution in [3.63, 3.8) is 0 Å². The topological polar surface area (TPSA) is 0 Å². The Bertz CT molecular complexity index is 188. The van der Waals surface area contributed by atoms with Crippen molar-refractivity contribution in [2.24, 2.45) is 23.2 Å². The minimum absolute atomic E-state index is 0.541. The Hall–Kier alpha value is -0.260. The van der Waals surface area contributed by atoms with Gasteiger partial charge in [-0.1, -0.05) is 46.3 Å². The minimum atomic E-state index is 0.541. The molecule has 1 aliphatic carbocycles. The number of rotatable bonds is 4. The van der Waals surface area contributed by atoms with Crippen molar-refractivity contribution >= 4 is 0 Å². The van der Waals surface area contributed by atoms with Crippen molar-refractivity contribution < 1.29 is 0 Å². The van der Waals surface area contributed by atoms with Crippen LogP contribution in [0.2, 0.25) is 0 Å². The average Bonchev–Trinajstić information content (AvgIpc) is 2.83. The van der Waals surface area contributed by atoms with Crippen LogP contribution in [-0.2, 0) is 0 Å². The quantitative estimate of drug-likeness (QED) is 0.567. The molecule has 0 heteroatoms. The van der Waals surface area contributed by atoms with E-state index in [0.29, 0.717) is 5.41 Å². The van der Waals surface area contributed by atoms with Gasteiger partial charge in [0.1, 0.15) is 0 Å². The van der Waals surface area contributed by atoms with Crippen molar-refractivity contribution in [1.82, 2.24) is 0 Å². The highest BCUT2D eigenvalue weighted by molar-refractivity contribution is 5.06. The molecule has 3 atom stereocenters. The maximum Gasteiger partial charge on any atom is -0.0197 e. The predicted molar refractivity (Wildman–Crippen MR) is 59.6 cm³/mol. The lowest BCUT2D eigenvalue weighted by molar-refractivity contribution is 0.180. The number of allylic oxidation sites excluding steroid dienone is 2. The Morgan fingerprint density at radius 3 is 2.54 bits per heavy atom. The third-order valence-electron chi connectivity index (χ3n) is 4.12. The molecule has 13 heavy (non-hydrogen) atoms. The molecule has 0 saturated heterocycles. The molecule has 1 fully saturated rings. The van der Waals surface area contributed by atoms with Gasteiger partial charge in [-0.3, -0.25) is 0 Å². The van der Waals surface area contributed by atoms with E-state index in [1.54, 1.807) is 0 Å². The van der Waals surface area contributed by atoms with Crippen LogP contribution in [0.4, 0.5) is 0 Å². The van der Waals surface area contributed by atoms with Crippen LogP contribution < -0.4 is 0 Å². The molecule has 0 heterocycles. The number of hydrogen-bond acceptors (Lipinski definition) is 0. The van der Waals surface area contributed by atoms with Crippen LogP contribution in [0.1, 0.15) is 47.5 Å². The first-order valence-corrected chi connectivity index (χ1v) is 5.66. The largest absolute Gasteiger partial charge is 0.0914 e. The highest BCUT2D eigenvalue weighted by atomic mass is 14.5. The van der Waals surface area contributed by atoms with Crippen molar-refractivity contribution in [3.05, 3.63) is 12.2 Å². The summed E-state index contributed by atoms with van der Waals surface area (Å²) < 4.78 is 0. The fourth-order valence-corrected chi connectivity index (χ4v) is 2.42.